The van der Waals surface area contributed by atoms with Gasteiger partial charge in [-0.15, -0.1) is 0 Å². The topological polar surface area (TPSA) is 38.9 Å². The molecule has 4 aromatic carbocycles. The zero-order valence-corrected chi connectivity index (χ0v) is 19.2. The van der Waals surface area contributed by atoms with Crippen LogP contribution in [0.15, 0.2) is 120 Å². The van der Waals surface area contributed by atoms with Crippen LogP contribution < -0.4 is 0 Å². The molecule has 0 atom stereocenters. The molecule has 0 aliphatic rings. The summed E-state index contributed by atoms with van der Waals surface area (Å²) in [4.78, 5) is 9.08. The lowest BCUT2D eigenvalue weighted by Crippen LogP contribution is -1.86. The largest absolute Gasteiger partial charge is 0.437 e. The van der Waals surface area contributed by atoms with Gasteiger partial charge in [-0.2, -0.15) is 0 Å². The van der Waals surface area contributed by atoms with Crippen LogP contribution in [-0.4, -0.2) is 9.97 Å². The molecule has 0 radical (unpaired) electrons. The zero-order chi connectivity index (χ0) is 24.1. The van der Waals surface area contributed by atoms with Crippen molar-refractivity contribution in [1.29, 1.82) is 0 Å². The molecule has 7 aromatic rings. The molecule has 36 heavy (non-hydrogen) atoms. The van der Waals surface area contributed by atoms with E-state index in [-0.39, 0.29) is 5.82 Å². The first kappa shape index (κ1) is 20.5. The molecule has 0 aliphatic heterocycles. The summed E-state index contributed by atoms with van der Waals surface area (Å²) in [6, 6.07) is 33.5. The van der Waals surface area contributed by atoms with Crippen molar-refractivity contribution in [1.82, 2.24) is 9.97 Å². The van der Waals surface area contributed by atoms with Crippen LogP contribution in [0, 0.1) is 5.82 Å². The molecule has 0 amide bonds. The Labute approximate surface area is 206 Å². The average Bonchev–Trinajstić information content (AvgIpc) is 3.32. The van der Waals surface area contributed by atoms with E-state index in [1.807, 2.05) is 30.5 Å². The monoisotopic (exact) mass is 466 g/mol. The molecule has 0 saturated carbocycles. The molecule has 4 heteroatoms. The van der Waals surface area contributed by atoms with Gasteiger partial charge in [0, 0.05) is 39.7 Å². The van der Waals surface area contributed by atoms with Crippen molar-refractivity contribution in [2.45, 2.75) is 0 Å². The van der Waals surface area contributed by atoms with Crippen LogP contribution in [0.2, 0.25) is 0 Å². The number of rotatable bonds is 3. The third-order valence-electron chi connectivity index (χ3n) is 6.67. The SMILES string of the molecule is Fc1ccc(-c2ccc3cc(-c4ccc(-c5cccc6c5oc5ncccc56)cc4)cnc3c2)cc1. The van der Waals surface area contributed by atoms with Gasteiger partial charge in [0.15, 0.2) is 0 Å². The molecule has 3 nitrogen and oxygen atoms in total. The highest BCUT2D eigenvalue weighted by atomic mass is 19.1. The number of fused-ring (bicyclic) bond motifs is 4. The Hall–Kier alpha value is -4.83. The van der Waals surface area contributed by atoms with Gasteiger partial charge in [-0.3, -0.25) is 4.98 Å². The van der Waals surface area contributed by atoms with Gasteiger partial charge in [0.25, 0.3) is 0 Å². The van der Waals surface area contributed by atoms with Crippen LogP contribution in [-0.2, 0) is 0 Å². The van der Waals surface area contributed by atoms with Gasteiger partial charge in [0.1, 0.15) is 11.4 Å². The molecule has 0 unspecified atom stereocenters. The zero-order valence-electron chi connectivity index (χ0n) is 19.2. The summed E-state index contributed by atoms with van der Waals surface area (Å²) in [5.74, 6) is -0.236. The van der Waals surface area contributed by atoms with Gasteiger partial charge in [0.2, 0.25) is 5.71 Å². The fourth-order valence-corrected chi connectivity index (χ4v) is 4.80. The summed E-state index contributed by atoms with van der Waals surface area (Å²) in [6.45, 7) is 0. The fourth-order valence-electron chi connectivity index (χ4n) is 4.80. The van der Waals surface area contributed by atoms with E-state index in [0.29, 0.717) is 5.71 Å². The fraction of sp³-hybridized carbons (Fsp3) is 0. The molecule has 0 aliphatic carbocycles. The minimum Gasteiger partial charge on any atom is -0.437 e. The summed E-state index contributed by atoms with van der Waals surface area (Å²) >= 11 is 0. The van der Waals surface area contributed by atoms with Gasteiger partial charge < -0.3 is 4.42 Å². The number of aromatic nitrogens is 2. The lowest BCUT2D eigenvalue weighted by atomic mass is 9.98. The summed E-state index contributed by atoms with van der Waals surface area (Å²) in [5, 5.41) is 3.15. The number of hydrogen-bond donors (Lipinski definition) is 0. The molecular formula is C32H19FN2O. The second-order valence-electron chi connectivity index (χ2n) is 8.86. The Morgan fingerprint density at radius 2 is 1.31 bits per heavy atom. The highest BCUT2D eigenvalue weighted by Gasteiger charge is 2.13. The van der Waals surface area contributed by atoms with E-state index in [9.17, 15) is 4.39 Å². The number of furan rings is 1. The molecule has 0 fully saturated rings. The van der Waals surface area contributed by atoms with E-state index in [2.05, 4.69) is 59.6 Å². The molecule has 0 saturated heterocycles. The standard InChI is InChI=1S/C32H19FN2O/c33-26-14-12-20(13-15-26)23-10-11-24-17-25(19-35-30(24)18-23)21-6-8-22(9-7-21)27-3-1-4-28-29-5-2-16-34-32(29)36-31(27)28/h1-19H. The van der Waals surface area contributed by atoms with Gasteiger partial charge in [-0.25, -0.2) is 9.37 Å². The number of nitrogens with zero attached hydrogens (tertiary/aromatic N) is 2. The molecule has 3 heterocycles. The minimum atomic E-state index is -0.236. The van der Waals surface area contributed by atoms with Crippen molar-refractivity contribution in [3.8, 4) is 33.4 Å². The van der Waals surface area contributed by atoms with E-state index >= 15 is 0 Å². The first-order valence-electron chi connectivity index (χ1n) is 11.8. The van der Waals surface area contributed by atoms with Crippen LogP contribution in [0.3, 0.4) is 0 Å². The number of para-hydroxylation sites is 1. The van der Waals surface area contributed by atoms with Crippen molar-refractivity contribution in [3.63, 3.8) is 0 Å². The number of halogens is 1. The van der Waals surface area contributed by atoms with Gasteiger partial charge in [0.05, 0.1) is 5.52 Å². The smallest absolute Gasteiger partial charge is 0.227 e. The summed E-state index contributed by atoms with van der Waals surface area (Å²) in [6.07, 6.45) is 3.65. The number of hydrogen-bond acceptors (Lipinski definition) is 3. The molecule has 3 aromatic heterocycles. The van der Waals surface area contributed by atoms with Crippen molar-refractivity contribution in [3.05, 3.63) is 121 Å². The maximum atomic E-state index is 13.3. The first-order valence-corrected chi connectivity index (χ1v) is 11.8. The van der Waals surface area contributed by atoms with Crippen LogP contribution in [0.1, 0.15) is 0 Å². The summed E-state index contributed by atoms with van der Waals surface area (Å²) < 4.78 is 19.4. The predicted octanol–water partition coefficient (Wildman–Crippen LogP) is 8.67. The molecule has 0 spiro atoms. The van der Waals surface area contributed by atoms with Gasteiger partial charge >= 0.3 is 0 Å². The van der Waals surface area contributed by atoms with E-state index in [4.69, 9.17) is 9.40 Å². The average molecular weight is 467 g/mol. The maximum Gasteiger partial charge on any atom is 0.227 e. The van der Waals surface area contributed by atoms with E-state index in [1.165, 1.54) is 12.1 Å². The Morgan fingerprint density at radius 3 is 2.17 bits per heavy atom. The van der Waals surface area contributed by atoms with E-state index in [1.54, 1.807) is 18.3 Å². The number of benzene rings is 4. The second kappa shape index (κ2) is 8.14. The Balaban J connectivity index is 1.23. The molecule has 0 bridgehead atoms. The second-order valence-corrected chi connectivity index (χ2v) is 8.86. The van der Waals surface area contributed by atoms with Crippen molar-refractivity contribution < 1.29 is 8.81 Å². The van der Waals surface area contributed by atoms with E-state index < -0.39 is 0 Å². The maximum absolute atomic E-state index is 13.3. The van der Waals surface area contributed by atoms with Crippen molar-refractivity contribution in [2.75, 3.05) is 0 Å². The van der Waals surface area contributed by atoms with Crippen LogP contribution in [0.5, 0.6) is 0 Å². The van der Waals surface area contributed by atoms with Crippen molar-refractivity contribution >= 4 is 33.0 Å². The third kappa shape index (κ3) is 3.43. The summed E-state index contributed by atoms with van der Waals surface area (Å²) in [5.41, 5.74) is 8.66. The summed E-state index contributed by atoms with van der Waals surface area (Å²) in [7, 11) is 0. The number of pyridine rings is 2. The minimum absolute atomic E-state index is 0.236. The van der Waals surface area contributed by atoms with Crippen LogP contribution >= 0.6 is 0 Å². The quantitative estimate of drug-likeness (QED) is 0.261. The van der Waals surface area contributed by atoms with Crippen molar-refractivity contribution in [2.24, 2.45) is 0 Å². The lowest BCUT2D eigenvalue weighted by molar-refractivity contribution is 0.628. The predicted molar refractivity (Wildman–Crippen MR) is 143 cm³/mol. The Morgan fingerprint density at radius 1 is 0.583 bits per heavy atom. The Bertz CT molecular complexity index is 1890. The lowest BCUT2D eigenvalue weighted by Gasteiger charge is -2.08. The highest BCUT2D eigenvalue weighted by Crippen LogP contribution is 2.36. The van der Waals surface area contributed by atoms with Crippen LogP contribution in [0.25, 0.3) is 66.4 Å². The third-order valence-corrected chi connectivity index (χ3v) is 6.67. The normalized spacial score (nSPS) is 11.5. The van der Waals surface area contributed by atoms with Gasteiger partial charge in [-0.05, 0) is 58.7 Å². The Kier molecular flexibility index (Phi) is 4.64. The highest BCUT2D eigenvalue weighted by molar-refractivity contribution is 6.08. The molecule has 7 rings (SSSR count). The van der Waals surface area contributed by atoms with Crippen LogP contribution in [0.4, 0.5) is 4.39 Å². The first-order chi connectivity index (χ1) is 17.7. The molecule has 170 valence electrons. The molecular weight excluding hydrogens is 447 g/mol. The molecule has 0 N–H and O–H groups in total. The van der Waals surface area contributed by atoms with E-state index in [0.717, 1.165) is 60.6 Å². The van der Waals surface area contributed by atoms with Gasteiger partial charge in [-0.1, -0.05) is 66.7 Å².